The first kappa shape index (κ1) is 12.4. The Balaban J connectivity index is 1.73. The van der Waals surface area contributed by atoms with Crippen LogP contribution in [0, 0.1) is 17.8 Å². The largest absolute Gasteiger partial charge is 0.481 e. The maximum absolute atomic E-state index is 12.1. The number of amides is 1. The van der Waals surface area contributed by atoms with Crippen LogP contribution in [0.5, 0.6) is 0 Å². The molecule has 4 nitrogen and oxygen atoms in total. The summed E-state index contributed by atoms with van der Waals surface area (Å²) in [6.45, 7) is 3.54. The normalized spacial score (nSPS) is 29.8. The number of carbonyl (C=O) groups excluding carboxylic acids is 1. The van der Waals surface area contributed by atoms with Gasteiger partial charge in [0.25, 0.3) is 0 Å². The van der Waals surface area contributed by atoms with Crippen LogP contribution in [0.2, 0.25) is 0 Å². The minimum atomic E-state index is -0.756. The van der Waals surface area contributed by atoms with Gasteiger partial charge in [-0.25, -0.2) is 0 Å². The minimum absolute atomic E-state index is 0.180. The van der Waals surface area contributed by atoms with Crippen molar-refractivity contribution in [2.45, 2.75) is 39.0 Å². The third-order valence-corrected chi connectivity index (χ3v) is 4.10. The van der Waals surface area contributed by atoms with E-state index in [2.05, 4.69) is 6.92 Å². The Morgan fingerprint density at radius 3 is 2.29 bits per heavy atom. The molecular weight excluding hydrogens is 218 g/mol. The number of likely N-dealkylation sites (tertiary alicyclic amines) is 1. The Bertz CT molecular complexity index is 302. The second-order valence-corrected chi connectivity index (χ2v) is 5.66. The van der Waals surface area contributed by atoms with Gasteiger partial charge in [-0.3, -0.25) is 9.59 Å². The van der Waals surface area contributed by atoms with Gasteiger partial charge in [0.2, 0.25) is 5.91 Å². The third kappa shape index (κ3) is 2.99. The molecule has 1 amide bonds. The molecule has 1 heterocycles. The molecule has 0 aromatic rings. The summed E-state index contributed by atoms with van der Waals surface area (Å²) in [7, 11) is 0. The van der Waals surface area contributed by atoms with Gasteiger partial charge >= 0.3 is 5.97 Å². The summed E-state index contributed by atoms with van der Waals surface area (Å²) >= 11 is 0. The van der Waals surface area contributed by atoms with Crippen LogP contribution in [0.25, 0.3) is 0 Å². The molecule has 2 rings (SSSR count). The molecule has 17 heavy (non-hydrogen) atoms. The van der Waals surface area contributed by atoms with E-state index in [-0.39, 0.29) is 24.2 Å². The zero-order valence-corrected chi connectivity index (χ0v) is 10.4. The van der Waals surface area contributed by atoms with Crippen LogP contribution < -0.4 is 0 Å². The van der Waals surface area contributed by atoms with Crippen LogP contribution in [0.4, 0.5) is 0 Å². The standard InChI is InChI=1S/C13H21NO3/c1-9-2-4-11(5-3-9)13(17)14-7-10(8-14)6-12(15)16/h9-11H,2-8H2,1H3,(H,15,16). The second-order valence-electron chi connectivity index (χ2n) is 5.66. The minimum Gasteiger partial charge on any atom is -0.481 e. The van der Waals surface area contributed by atoms with E-state index in [0.29, 0.717) is 13.1 Å². The summed E-state index contributed by atoms with van der Waals surface area (Å²) in [6.07, 6.45) is 4.54. The molecule has 1 saturated carbocycles. The summed E-state index contributed by atoms with van der Waals surface area (Å²) in [6, 6.07) is 0. The van der Waals surface area contributed by atoms with Gasteiger partial charge in [0, 0.05) is 24.9 Å². The molecule has 0 atom stereocenters. The highest BCUT2D eigenvalue weighted by Crippen LogP contribution is 2.31. The number of nitrogens with zero attached hydrogens (tertiary/aromatic N) is 1. The van der Waals surface area contributed by atoms with Crippen molar-refractivity contribution in [3.63, 3.8) is 0 Å². The monoisotopic (exact) mass is 239 g/mol. The third-order valence-electron chi connectivity index (χ3n) is 4.10. The molecule has 0 spiro atoms. The van der Waals surface area contributed by atoms with Crippen LogP contribution in [-0.4, -0.2) is 35.0 Å². The van der Waals surface area contributed by atoms with E-state index in [1.54, 1.807) is 0 Å². The Kier molecular flexibility index (Phi) is 3.69. The molecule has 4 heteroatoms. The first-order valence-corrected chi connectivity index (χ1v) is 6.57. The van der Waals surface area contributed by atoms with Crippen LogP contribution in [-0.2, 0) is 9.59 Å². The molecule has 0 radical (unpaired) electrons. The number of aliphatic carboxylic acids is 1. The lowest BCUT2D eigenvalue weighted by Gasteiger charge is -2.41. The van der Waals surface area contributed by atoms with E-state index in [1.807, 2.05) is 4.90 Å². The van der Waals surface area contributed by atoms with E-state index in [9.17, 15) is 9.59 Å². The molecule has 1 aliphatic heterocycles. The fourth-order valence-electron chi connectivity index (χ4n) is 2.89. The number of carbonyl (C=O) groups is 2. The SMILES string of the molecule is CC1CCC(C(=O)N2CC(CC(=O)O)C2)CC1. The summed E-state index contributed by atoms with van der Waals surface area (Å²) < 4.78 is 0. The topological polar surface area (TPSA) is 57.6 Å². The van der Waals surface area contributed by atoms with Crippen molar-refractivity contribution in [2.75, 3.05) is 13.1 Å². The van der Waals surface area contributed by atoms with Crippen molar-refractivity contribution in [1.82, 2.24) is 4.90 Å². The molecule has 2 fully saturated rings. The Labute approximate surface area is 102 Å². The highest BCUT2D eigenvalue weighted by atomic mass is 16.4. The van der Waals surface area contributed by atoms with Crippen molar-refractivity contribution in [2.24, 2.45) is 17.8 Å². The Morgan fingerprint density at radius 2 is 1.76 bits per heavy atom. The first-order valence-electron chi connectivity index (χ1n) is 6.57. The van der Waals surface area contributed by atoms with Crippen molar-refractivity contribution < 1.29 is 14.7 Å². The molecule has 2 aliphatic rings. The van der Waals surface area contributed by atoms with Gasteiger partial charge in [-0.2, -0.15) is 0 Å². The maximum atomic E-state index is 12.1. The zero-order valence-electron chi connectivity index (χ0n) is 10.4. The Hall–Kier alpha value is -1.06. The van der Waals surface area contributed by atoms with Gasteiger partial charge in [-0.05, 0) is 31.6 Å². The van der Waals surface area contributed by atoms with Gasteiger partial charge in [-0.1, -0.05) is 6.92 Å². The van der Waals surface area contributed by atoms with Crippen LogP contribution in [0.15, 0.2) is 0 Å². The predicted octanol–water partition coefficient (Wildman–Crippen LogP) is 1.75. The first-order chi connectivity index (χ1) is 8.06. The fourth-order valence-corrected chi connectivity index (χ4v) is 2.89. The highest BCUT2D eigenvalue weighted by molar-refractivity contribution is 5.80. The van der Waals surface area contributed by atoms with Crippen molar-refractivity contribution in [3.05, 3.63) is 0 Å². The average molecular weight is 239 g/mol. The molecule has 0 aromatic carbocycles. The summed E-state index contributed by atoms with van der Waals surface area (Å²) in [5.74, 6) is 0.651. The quantitative estimate of drug-likeness (QED) is 0.816. The van der Waals surface area contributed by atoms with E-state index in [0.717, 1.165) is 31.6 Å². The molecule has 1 aliphatic carbocycles. The fraction of sp³-hybridized carbons (Fsp3) is 0.846. The van der Waals surface area contributed by atoms with Gasteiger partial charge in [0.05, 0.1) is 6.42 Å². The van der Waals surface area contributed by atoms with E-state index in [1.165, 1.54) is 0 Å². The van der Waals surface area contributed by atoms with Gasteiger partial charge in [0.1, 0.15) is 0 Å². The van der Waals surface area contributed by atoms with Crippen LogP contribution in [0.3, 0.4) is 0 Å². The molecule has 0 bridgehead atoms. The predicted molar refractivity (Wildman–Crippen MR) is 63.4 cm³/mol. The molecule has 1 N–H and O–H groups in total. The zero-order chi connectivity index (χ0) is 12.4. The van der Waals surface area contributed by atoms with Crippen molar-refractivity contribution in [1.29, 1.82) is 0 Å². The van der Waals surface area contributed by atoms with Crippen molar-refractivity contribution in [3.8, 4) is 0 Å². The molecular formula is C13H21NO3. The molecule has 96 valence electrons. The van der Waals surface area contributed by atoms with Gasteiger partial charge in [0.15, 0.2) is 0 Å². The molecule has 0 aromatic heterocycles. The van der Waals surface area contributed by atoms with Gasteiger partial charge < -0.3 is 10.0 Å². The van der Waals surface area contributed by atoms with E-state index >= 15 is 0 Å². The number of hydrogen-bond donors (Lipinski definition) is 1. The lowest BCUT2D eigenvalue weighted by atomic mass is 9.81. The van der Waals surface area contributed by atoms with Crippen LogP contribution >= 0.6 is 0 Å². The number of hydrogen-bond acceptors (Lipinski definition) is 2. The molecule has 0 unspecified atom stereocenters. The lowest BCUT2D eigenvalue weighted by Crippen LogP contribution is -2.52. The van der Waals surface area contributed by atoms with Crippen molar-refractivity contribution >= 4 is 11.9 Å². The lowest BCUT2D eigenvalue weighted by molar-refractivity contribution is -0.148. The summed E-state index contributed by atoms with van der Waals surface area (Å²) in [4.78, 5) is 24.5. The smallest absolute Gasteiger partial charge is 0.303 e. The number of carboxylic acid groups (broad SMARTS) is 1. The average Bonchev–Trinajstić information content (AvgIpc) is 2.23. The molecule has 1 saturated heterocycles. The van der Waals surface area contributed by atoms with E-state index < -0.39 is 5.97 Å². The Morgan fingerprint density at radius 1 is 1.18 bits per heavy atom. The maximum Gasteiger partial charge on any atom is 0.303 e. The number of carboxylic acids is 1. The summed E-state index contributed by atoms with van der Waals surface area (Å²) in [5.41, 5.74) is 0. The second kappa shape index (κ2) is 5.07. The number of rotatable bonds is 3. The van der Waals surface area contributed by atoms with Crippen LogP contribution in [0.1, 0.15) is 39.0 Å². The highest BCUT2D eigenvalue weighted by Gasteiger charge is 2.36. The van der Waals surface area contributed by atoms with Gasteiger partial charge in [-0.15, -0.1) is 0 Å². The summed E-state index contributed by atoms with van der Waals surface area (Å²) in [5, 5.41) is 8.65. The van der Waals surface area contributed by atoms with E-state index in [4.69, 9.17) is 5.11 Å².